The molecule has 92 valence electrons. The fraction of sp³-hybridized carbons (Fsp3) is 0.923. The minimum absolute atomic E-state index is 0.131. The molecule has 0 spiro atoms. The molecule has 3 heteroatoms. The summed E-state index contributed by atoms with van der Waals surface area (Å²) in [6.45, 7) is 9.57. The van der Waals surface area contributed by atoms with Crippen LogP contribution in [0.4, 0.5) is 0 Å². The lowest BCUT2D eigenvalue weighted by molar-refractivity contribution is 0.173. The summed E-state index contributed by atoms with van der Waals surface area (Å²) in [7, 11) is 0. The van der Waals surface area contributed by atoms with Crippen molar-refractivity contribution < 1.29 is 0 Å². The zero-order valence-corrected chi connectivity index (χ0v) is 10.9. The van der Waals surface area contributed by atoms with E-state index in [1.807, 2.05) is 6.92 Å². The summed E-state index contributed by atoms with van der Waals surface area (Å²) >= 11 is 0. The summed E-state index contributed by atoms with van der Waals surface area (Å²) in [6, 6.07) is 3.48. The number of nitrogens with one attached hydrogen (secondary N) is 1. The van der Waals surface area contributed by atoms with Gasteiger partial charge in [-0.2, -0.15) is 5.26 Å². The average molecular weight is 223 g/mol. The molecule has 2 unspecified atom stereocenters. The predicted octanol–water partition coefficient (Wildman–Crippen LogP) is 2.00. The van der Waals surface area contributed by atoms with Crippen molar-refractivity contribution in [1.29, 1.82) is 5.26 Å². The molecular formula is C13H25N3. The molecule has 0 bridgehead atoms. The second-order valence-corrected chi connectivity index (χ2v) is 5.22. The maximum Gasteiger partial charge on any atom is 0.0666 e. The molecule has 1 aliphatic rings. The first-order valence-electron chi connectivity index (χ1n) is 6.50. The third kappa shape index (κ3) is 4.51. The minimum Gasteiger partial charge on any atom is -0.313 e. The van der Waals surface area contributed by atoms with Gasteiger partial charge in [0.2, 0.25) is 0 Å². The summed E-state index contributed by atoms with van der Waals surface area (Å²) in [4.78, 5) is 2.43. The van der Waals surface area contributed by atoms with E-state index in [1.165, 1.54) is 19.3 Å². The van der Waals surface area contributed by atoms with Gasteiger partial charge in [-0.1, -0.05) is 6.42 Å². The van der Waals surface area contributed by atoms with Crippen molar-refractivity contribution in [3.8, 4) is 6.07 Å². The normalized spacial score (nSPS) is 23.4. The first-order valence-corrected chi connectivity index (χ1v) is 6.50. The van der Waals surface area contributed by atoms with Crippen LogP contribution in [0.5, 0.6) is 0 Å². The Hall–Kier alpha value is -0.590. The summed E-state index contributed by atoms with van der Waals surface area (Å²) in [5.74, 6) is 0.131. The zero-order chi connectivity index (χ0) is 12.0. The molecule has 0 saturated carbocycles. The Morgan fingerprint density at radius 2 is 2.12 bits per heavy atom. The first-order chi connectivity index (χ1) is 7.63. The molecule has 16 heavy (non-hydrogen) atoms. The van der Waals surface area contributed by atoms with E-state index in [0.717, 1.165) is 19.6 Å². The van der Waals surface area contributed by atoms with Crippen LogP contribution in [-0.2, 0) is 0 Å². The molecule has 3 nitrogen and oxygen atoms in total. The van der Waals surface area contributed by atoms with E-state index in [0.29, 0.717) is 12.1 Å². The number of hydrogen-bond acceptors (Lipinski definition) is 3. The highest BCUT2D eigenvalue weighted by Crippen LogP contribution is 2.11. The molecule has 0 aromatic rings. The topological polar surface area (TPSA) is 39.1 Å². The van der Waals surface area contributed by atoms with Crippen LogP contribution in [0.15, 0.2) is 0 Å². The van der Waals surface area contributed by atoms with Crippen molar-refractivity contribution in [2.75, 3.05) is 19.6 Å². The zero-order valence-electron chi connectivity index (χ0n) is 10.9. The van der Waals surface area contributed by atoms with Crippen molar-refractivity contribution >= 4 is 0 Å². The molecule has 0 radical (unpaired) electrons. The lowest BCUT2D eigenvalue weighted by atomic mass is 10.0. The Bertz CT molecular complexity index is 226. The van der Waals surface area contributed by atoms with Gasteiger partial charge in [0.05, 0.1) is 12.0 Å². The lowest BCUT2D eigenvalue weighted by Gasteiger charge is -2.33. The molecule has 1 heterocycles. The van der Waals surface area contributed by atoms with E-state index in [-0.39, 0.29) is 5.92 Å². The van der Waals surface area contributed by atoms with Gasteiger partial charge in [-0.25, -0.2) is 0 Å². The second-order valence-electron chi connectivity index (χ2n) is 5.22. The van der Waals surface area contributed by atoms with Crippen molar-refractivity contribution in [3.63, 3.8) is 0 Å². The van der Waals surface area contributed by atoms with Gasteiger partial charge in [0.15, 0.2) is 0 Å². The summed E-state index contributed by atoms with van der Waals surface area (Å²) in [5, 5.41) is 12.5. The van der Waals surface area contributed by atoms with E-state index in [2.05, 4.69) is 30.1 Å². The van der Waals surface area contributed by atoms with Crippen LogP contribution in [-0.4, -0.2) is 36.6 Å². The largest absolute Gasteiger partial charge is 0.313 e. The first kappa shape index (κ1) is 13.5. The molecule has 1 N–H and O–H groups in total. The minimum atomic E-state index is 0.131. The maximum absolute atomic E-state index is 8.88. The Kier molecular flexibility index (Phi) is 5.79. The smallest absolute Gasteiger partial charge is 0.0666 e. The van der Waals surface area contributed by atoms with E-state index in [9.17, 15) is 0 Å². The highest BCUT2D eigenvalue weighted by Gasteiger charge is 2.19. The standard InChI is InChI=1S/C13H25N3/c1-11(2)16(9-12(3)8-14)10-13-6-4-5-7-15-13/h11-13,15H,4-7,9-10H2,1-3H3. The molecule has 2 atom stereocenters. The van der Waals surface area contributed by atoms with Gasteiger partial charge in [-0.15, -0.1) is 0 Å². The molecule has 0 aromatic heterocycles. The average Bonchev–Trinajstić information content (AvgIpc) is 2.29. The number of nitrogens with zero attached hydrogens (tertiary/aromatic N) is 2. The van der Waals surface area contributed by atoms with Gasteiger partial charge >= 0.3 is 0 Å². The predicted molar refractivity (Wildman–Crippen MR) is 67.1 cm³/mol. The van der Waals surface area contributed by atoms with Crippen LogP contribution >= 0.6 is 0 Å². The van der Waals surface area contributed by atoms with Gasteiger partial charge in [-0.05, 0) is 40.2 Å². The Balaban J connectivity index is 2.40. The SMILES string of the molecule is CC(C#N)CN(CC1CCCCN1)C(C)C. The van der Waals surface area contributed by atoms with Gasteiger partial charge in [0.1, 0.15) is 0 Å². The van der Waals surface area contributed by atoms with Crippen LogP contribution in [0.25, 0.3) is 0 Å². The third-order valence-corrected chi connectivity index (χ3v) is 3.33. The lowest BCUT2D eigenvalue weighted by Crippen LogP contribution is -2.47. The Labute approximate surface area is 99.8 Å². The highest BCUT2D eigenvalue weighted by atomic mass is 15.2. The molecule has 1 aliphatic heterocycles. The van der Waals surface area contributed by atoms with Crippen molar-refractivity contribution in [1.82, 2.24) is 10.2 Å². The van der Waals surface area contributed by atoms with Gasteiger partial charge < -0.3 is 5.32 Å². The van der Waals surface area contributed by atoms with E-state index >= 15 is 0 Å². The molecule has 0 aliphatic carbocycles. The summed E-state index contributed by atoms with van der Waals surface area (Å²) in [5.41, 5.74) is 0. The fourth-order valence-electron chi connectivity index (χ4n) is 2.25. The van der Waals surface area contributed by atoms with Crippen molar-refractivity contribution in [2.45, 2.75) is 52.1 Å². The maximum atomic E-state index is 8.88. The van der Waals surface area contributed by atoms with Crippen LogP contribution in [0.1, 0.15) is 40.0 Å². The van der Waals surface area contributed by atoms with Gasteiger partial charge in [0.25, 0.3) is 0 Å². The fourth-order valence-corrected chi connectivity index (χ4v) is 2.25. The number of hydrogen-bond donors (Lipinski definition) is 1. The van der Waals surface area contributed by atoms with Gasteiger partial charge in [-0.3, -0.25) is 4.90 Å². The summed E-state index contributed by atoms with van der Waals surface area (Å²) < 4.78 is 0. The van der Waals surface area contributed by atoms with E-state index < -0.39 is 0 Å². The highest BCUT2D eigenvalue weighted by molar-refractivity contribution is 4.85. The van der Waals surface area contributed by atoms with Crippen LogP contribution in [0.2, 0.25) is 0 Å². The van der Waals surface area contributed by atoms with E-state index in [4.69, 9.17) is 5.26 Å². The molecule has 0 aromatic carbocycles. The monoisotopic (exact) mass is 223 g/mol. The molecule has 0 amide bonds. The molecular weight excluding hydrogens is 198 g/mol. The second kappa shape index (κ2) is 6.88. The van der Waals surface area contributed by atoms with Crippen LogP contribution in [0.3, 0.4) is 0 Å². The third-order valence-electron chi connectivity index (χ3n) is 3.33. The Morgan fingerprint density at radius 1 is 1.38 bits per heavy atom. The van der Waals surface area contributed by atoms with Crippen molar-refractivity contribution in [2.24, 2.45) is 5.92 Å². The van der Waals surface area contributed by atoms with Gasteiger partial charge in [0, 0.05) is 25.2 Å². The quantitative estimate of drug-likeness (QED) is 0.775. The number of piperidine rings is 1. The van der Waals surface area contributed by atoms with Crippen LogP contribution in [0, 0.1) is 17.2 Å². The van der Waals surface area contributed by atoms with Crippen molar-refractivity contribution in [3.05, 3.63) is 0 Å². The molecule has 1 rings (SSSR count). The van der Waals surface area contributed by atoms with Crippen LogP contribution < -0.4 is 5.32 Å². The van der Waals surface area contributed by atoms with E-state index in [1.54, 1.807) is 0 Å². The number of rotatable bonds is 5. The molecule has 1 fully saturated rings. The number of nitriles is 1. The summed E-state index contributed by atoms with van der Waals surface area (Å²) in [6.07, 6.45) is 3.94. The molecule has 1 saturated heterocycles. The Morgan fingerprint density at radius 3 is 2.62 bits per heavy atom.